The summed E-state index contributed by atoms with van der Waals surface area (Å²) >= 11 is 0. The van der Waals surface area contributed by atoms with Crippen LogP contribution in [0.3, 0.4) is 0 Å². The highest BCUT2D eigenvalue weighted by Crippen LogP contribution is 2.21. The van der Waals surface area contributed by atoms with E-state index in [0.717, 1.165) is 30.6 Å². The first-order valence-electron chi connectivity index (χ1n) is 6.83. The van der Waals surface area contributed by atoms with E-state index in [9.17, 15) is 4.79 Å². The van der Waals surface area contributed by atoms with E-state index >= 15 is 0 Å². The van der Waals surface area contributed by atoms with Gasteiger partial charge in [0.15, 0.2) is 0 Å². The Hall–Kier alpha value is -2.14. The number of nitrogens with zero attached hydrogens (tertiary/aromatic N) is 1. The first kappa shape index (κ1) is 12.9. The summed E-state index contributed by atoms with van der Waals surface area (Å²) in [7, 11) is 0. The first-order chi connectivity index (χ1) is 9.84. The molecular formula is C15H17N3O2. The second-order valence-corrected chi connectivity index (χ2v) is 4.87. The summed E-state index contributed by atoms with van der Waals surface area (Å²) in [6.45, 7) is 1.34. The molecule has 0 bridgehead atoms. The summed E-state index contributed by atoms with van der Waals surface area (Å²) in [5, 5.41) is 9.66. The maximum absolute atomic E-state index is 12.2. The van der Waals surface area contributed by atoms with Crippen LogP contribution < -0.4 is 5.32 Å². The van der Waals surface area contributed by atoms with Gasteiger partial charge in [-0.15, -0.1) is 0 Å². The lowest BCUT2D eigenvalue weighted by Gasteiger charge is -2.10. The van der Waals surface area contributed by atoms with Crippen molar-refractivity contribution in [2.75, 3.05) is 13.2 Å². The van der Waals surface area contributed by atoms with Crippen LogP contribution in [0.15, 0.2) is 36.5 Å². The minimum Gasteiger partial charge on any atom is -0.376 e. The number of rotatable bonds is 4. The van der Waals surface area contributed by atoms with Gasteiger partial charge in [0.1, 0.15) is 5.69 Å². The van der Waals surface area contributed by atoms with Crippen LogP contribution in [0.1, 0.15) is 23.3 Å². The van der Waals surface area contributed by atoms with E-state index < -0.39 is 0 Å². The number of ether oxygens (including phenoxy) is 1. The molecular weight excluding hydrogens is 254 g/mol. The third-order valence-corrected chi connectivity index (χ3v) is 3.47. The van der Waals surface area contributed by atoms with Crippen molar-refractivity contribution >= 4 is 5.91 Å². The molecule has 5 nitrogen and oxygen atoms in total. The Morgan fingerprint density at radius 1 is 1.40 bits per heavy atom. The lowest BCUT2D eigenvalue weighted by molar-refractivity contribution is 0.0854. The van der Waals surface area contributed by atoms with Gasteiger partial charge in [0, 0.05) is 18.7 Å². The van der Waals surface area contributed by atoms with E-state index in [1.54, 1.807) is 6.20 Å². The van der Waals surface area contributed by atoms with Crippen molar-refractivity contribution in [3.63, 3.8) is 0 Å². The van der Waals surface area contributed by atoms with Gasteiger partial charge in [0.2, 0.25) is 0 Å². The Kier molecular flexibility index (Phi) is 3.78. The Labute approximate surface area is 117 Å². The van der Waals surface area contributed by atoms with Crippen LogP contribution in [0.2, 0.25) is 0 Å². The molecule has 1 aliphatic heterocycles. The highest BCUT2D eigenvalue weighted by atomic mass is 16.5. The summed E-state index contributed by atoms with van der Waals surface area (Å²) in [4.78, 5) is 12.2. The first-order valence-corrected chi connectivity index (χ1v) is 6.83. The van der Waals surface area contributed by atoms with E-state index in [-0.39, 0.29) is 12.0 Å². The molecule has 20 heavy (non-hydrogen) atoms. The Bertz CT molecular complexity index is 574. The SMILES string of the molecule is O=C(NCC1CCCO1)c1[nH]ncc1-c1ccccc1. The minimum absolute atomic E-state index is 0.141. The van der Waals surface area contributed by atoms with Gasteiger partial charge in [-0.05, 0) is 18.4 Å². The van der Waals surface area contributed by atoms with Crippen LogP contribution in [0, 0.1) is 0 Å². The standard InChI is InChI=1S/C15H17N3O2/c19-15(16-9-12-7-4-8-20-12)14-13(10-17-18-14)11-5-2-1-3-6-11/h1-3,5-6,10,12H,4,7-9H2,(H,16,19)(H,17,18). The van der Waals surface area contributed by atoms with E-state index in [2.05, 4.69) is 15.5 Å². The third kappa shape index (κ3) is 2.72. The normalized spacial score (nSPS) is 18.1. The van der Waals surface area contributed by atoms with Gasteiger partial charge in [-0.3, -0.25) is 9.89 Å². The van der Waals surface area contributed by atoms with Crippen LogP contribution in [0.5, 0.6) is 0 Å². The molecule has 5 heteroatoms. The summed E-state index contributed by atoms with van der Waals surface area (Å²) in [6, 6.07) is 9.75. The van der Waals surface area contributed by atoms with Crippen LogP contribution in [0.25, 0.3) is 11.1 Å². The molecule has 1 saturated heterocycles. The molecule has 0 aliphatic carbocycles. The molecule has 2 heterocycles. The van der Waals surface area contributed by atoms with Crippen molar-refractivity contribution in [2.45, 2.75) is 18.9 Å². The van der Waals surface area contributed by atoms with Crippen LogP contribution >= 0.6 is 0 Å². The average Bonchev–Trinajstić information content (AvgIpc) is 3.17. The van der Waals surface area contributed by atoms with Gasteiger partial charge in [-0.25, -0.2) is 0 Å². The Morgan fingerprint density at radius 3 is 3.00 bits per heavy atom. The van der Waals surface area contributed by atoms with E-state index in [1.807, 2.05) is 30.3 Å². The van der Waals surface area contributed by atoms with Gasteiger partial charge in [0.05, 0.1) is 12.3 Å². The topological polar surface area (TPSA) is 67.0 Å². The number of hydrogen-bond donors (Lipinski definition) is 2. The molecule has 1 aromatic carbocycles. The van der Waals surface area contributed by atoms with Crippen LogP contribution in [0.4, 0.5) is 0 Å². The molecule has 1 atom stereocenters. The number of H-pyrrole nitrogens is 1. The highest BCUT2D eigenvalue weighted by molar-refractivity contribution is 5.98. The summed E-state index contributed by atoms with van der Waals surface area (Å²) < 4.78 is 5.50. The fourth-order valence-corrected chi connectivity index (χ4v) is 2.40. The number of carbonyl (C=O) groups is 1. The summed E-state index contributed by atoms with van der Waals surface area (Å²) in [5.74, 6) is -0.142. The third-order valence-electron chi connectivity index (χ3n) is 3.47. The smallest absolute Gasteiger partial charge is 0.270 e. The highest BCUT2D eigenvalue weighted by Gasteiger charge is 2.19. The molecule has 2 N–H and O–H groups in total. The summed E-state index contributed by atoms with van der Waals surface area (Å²) in [6.07, 6.45) is 3.90. The van der Waals surface area contributed by atoms with Gasteiger partial charge in [-0.2, -0.15) is 5.10 Å². The second-order valence-electron chi connectivity index (χ2n) is 4.87. The second kappa shape index (κ2) is 5.88. The number of amides is 1. The van der Waals surface area contributed by atoms with Crippen molar-refractivity contribution in [2.24, 2.45) is 0 Å². The number of hydrogen-bond acceptors (Lipinski definition) is 3. The maximum Gasteiger partial charge on any atom is 0.270 e. The van der Waals surface area contributed by atoms with Gasteiger partial charge in [-0.1, -0.05) is 30.3 Å². The average molecular weight is 271 g/mol. The molecule has 0 spiro atoms. The maximum atomic E-state index is 12.2. The quantitative estimate of drug-likeness (QED) is 0.893. The van der Waals surface area contributed by atoms with E-state index in [0.29, 0.717) is 12.2 Å². The number of carbonyl (C=O) groups excluding carboxylic acids is 1. The molecule has 104 valence electrons. The van der Waals surface area contributed by atoms with Crippen LogP contribution in [-0.4, -0.2) is 35.4 Å². The molecule has 1 unspecified atom stereocenters. The van der Waals surface area contributed by atoms with Gasteiger partial charge >= 0.3 is 0 Å². The zero-order valence-electron chi connectivity index (χ0n) is 11.1. The fraction of sp³-hybridized carbons (Fsp3) is 0.333. The zero-order valence-corrected chi connectivity index (χ0v) is 11.1. The van der Waals surface area contributed by atoms with Crippen molar-refractivity contribution < 1.29 is 9.53 Å². The Balaban J connectivity index is 1.70. The lowest BCUT2D eigenvalue weighted by Crippen LogP contribution is -2.32. The van der Waals surface area contributed by atoms with Crippen molar-refractivity contribution in [3.05, 3.63) is 42.2 Å². The fourth-order valence-electron chi connectivity index (χ4n) is 2.40. The number of nitrogens with one attached hydrogen (secondary N) is 2. The van der Waals surface area contributed by atoms with Crippen molar-refractivity contribution in [1.82, 2.24) is 15.5 Å². The monoisotopic (exact) mass is 271 g/mol. The number of aromatic nitrogens is 2. The van der Waals surface area contributed by atoms with E-state index in [4.69, 9.17) is 4.74 Å². The van der Waals surface area contributed by atoms with Crippen molar-refractivity contribution in [3.8, 4) is 11.1 Å². The van der Waals surface area contributed by atoms with Crippen LogP contribution in [-0.2, 0) is 4.74 Å². The van der Waals surface area contributed by atoms with E-state index in [1.165, 1.54) is 0 Å². The predicted octanol–water partition coefficient (Wildman–Crippen LogP) is 1.99. The zero-order chi connectivity index (χ0) is 13.8. The number of aromatic amines is 1. The number of benzene rings is 1. The molecule has 1 aliphatic rings. The predicted molar refractivity (Wildman–Crippen MR) is 75.3 cm³/mol. The lowest BCUT2D eigenvalue weighted by atomic mass is 10.1. The van der Waals surface area contributed by atoms with Crippen molar-refractivity contribution in [1.29, 1.82) is 0 Å². The Morgan fingerprint density at radius 2 is 2.25 bits per heavy atom. The largest absolute Gasteiger partial charge is 0.376 e. The minimum atomic E-state index is -0.142. The molecule has 3 rings (SSSR count). The van der Waals surface area contributed by atoms with Gasteiger partial charge in [0.25, 0.3) is 5.91 Å². The molecule has 1 amide bonds. The molecule has 1 fully saturated rings. The summed E-state index contributed by atoms with van der Waals surface area (Å²) in [5.41, 5.74) is 2.29. The van der Waals surface area contributed by atoms with Gasteiger partial charge < -0.3 is 10.1 Å². The molecule has 1 aromatic heterocycles. The molecule has 0 radical (unpaired) electrons. The molecule has 0 saturated carbocycles. The molecule has 2 aromatic rings.